The van der Waals surface area contributed by atoms with Gasteiger partial charge in [0.15, 0.2) is 0 Å². The van der Waals surface area contributed by atoms with Gasteiger partial charge >= 0.3 is 5.97 Å². The topological polar surface area (TPSA) is 138 Å². The second kappa shape index (κ2) is 29.1. The molecule has 1 heterocycles. The number of esters is 1. The average Bonchev–Trinajstić information content (AvgIpc) is 3.08. The summed E-state index contributed by atoms with van der Waals surface area (Å²) in [5.74, 6) is -1.10. The number of unbranched alkanes of at least 4 members (excludes halogenated alkanes) is 2. The Morgan fingerprint density at radius 3 is 2.02 bits per heavy atom. The van der Waals surface area contributed by atoms with Gasteiger partial charge in [0, 0.05) is 31.3 Å². The molecule has 1 rings (SSSR count). The molecule has 1 aromatic heterocycles. The molecule has 0 aliphatic heterocycles. The van der Waals surface area contributed by atoms with Gasteiger partial charge in [0.2, 0.25) is 11.8 Å². The number of aromatic nitrogens is 1. The van der Waals surface area contributed by atoms with Gasteiger partial charge in [0.1, 0.15) is 12.1 Å². The molecule has 0 aromatic carbocycles. The maximum absolute atomic E-state index is 12.7. The molecule has 1 atom stereocenters. The van der Waals surface area contributed by atoms with Gasteiger partial charge in [-0.05, 0) is 82.8 Å². The quantitative estimate of drug-likeness (QED) is 0.0513. The minimum Gasteiger partial charge on any atom is -0.456 e. The second-order valence-electron chi connectivity index (χ2n) is 11.3. The minimum atomic E-state index is -1.06. The summed E-state index contributed by atoms with van der Waals surface area (Å²) in [6.07, 6.45) is 34.1. The molecular weight excluding hydrogens is 606 g/mol. The molecule has 1 aromatic rings. The Kier molecular flexibility index (Phi) is 25.4. The Labute approximate surface area is 287 Å². The summed E-state index contributed by atoms with van der Waals surface area (Å²) in [5, 5.41) is 24.2. The Hall–Kier alpha value is -4.08. The maximum atomic E-state index is 12.7. The van der Waals surface area contributed by atoms with Crippen molar-refractivity contribution in [2.45, 2.75) is 103 Å². The zero-order chi connectivity index (χ0) is 35.1. The Balaban J connectivity index is 2.27. The fraction of sp³-hybridized carbons (Fsp3) is 0.487. The number of hydrogen-bond acceptors (Lipinski definition) is 7. The number of hydrogen-bond donors (Lipinski definition) is 4. The molecule has 0 bridgehead atoms. The molecular formula is C39H57N3O6. The zero-order valence-corrected chi connectivity index (χ0v) is 28.9. The van der Waals surface area contributed by atoms with Gasteiger partial charge in [-0.1, -0.05) is 85.9 Å². The highest BCUT2D eigenvalue weighted by Gasteiger charge is 2.24. The highest BCUT2D eigenvalue weighted by atomic mass is 16.6. The average molecular weight is 664 g/mol. The van der Waals surface area contributed by atoms with Gasteiger partial charge in [0.05, 0.1) is 13.2 Å². The van der Waals surface area contributed by atoms with Crippen molar-refractivity contribution in [3.63, 3.8) is 0 Å². The van der Waals surface area contributed by atoms with Crippen molar-refractivity contribution in [1.29, 1.82) is 0 Å². The summed E-state index contributed by atoms with van der Waals surface area (Å²) < 4.78 is 5.15. The van der Waals surface area contributed by atoms with Gasteiger partial charge in [-0.15, -0.1) is 0 Å². The van der Waals surface area contributed by atoms with Gasteiger partial charge in [-0.3, -0.25) is 14.6 Å². The number of nitrogens with one attached hydrogen (secondary N) is 2. The van der Waals surface area contributed by atoms with Crippen LogP contribution in [-0.2, 0) is 19.1 Å². The van der Waals surface area contributed by atoms with E-state index in [4.69, 9.17) is 4.74 Å². The number of aliphatic hydroxyl groups is 2. The second-order valence-corrected chi connectivity index (χ2v) is 11.3. The van der Waals surface area contributed by atoms with Crippen LogP contribution in [0.1, 0.15) is 95.2 Å². The van der Waals surface area contributed by atoms with Crippen LogP contribution >= 0.6 is 0 Å². The molecule has 0 aliphatic rings. The van der Waals surface area contributed by atoms with Crippen LogP contribution in [0.25, 0.3) is 6.08 Å². The van der Waals surface area contributed by atoms with Crippen LogP contribution in [0.15, 0.2) is 85.2 Å². The molecule has 0 aliphatic carbocycles. The van der Waals surface area contributed by atoms with Gasteiger partial charge in [0.25, 0.3) is 0 Å². The maximum Gasteiger partial charge on any atom is 0.329 e. The lowest BCUT2D eigenvalue weighted by molar-refractivity contribution is -0.157. The van der Waals surface area contributed by atoms with E-state index in [1.807, 2.05) is 19.1 Å². The third-order valence-corrected chi connectivity index (χ3v) is 7.03. The SMILES string of the molecule is CCC=CCC=CCC=CCC=CCC=CCCCC(=O)NCCCCC(NC(=O)CC=Cc1ccc(C)nc1)C(=O)OC(CO)CO. The van der Waals surface area contributed by atoms with Gasteiger partial charge in [-0.25, -0.2) is 4.79 Å². The summed E-state index contributed by atoms with van der Waals surface area (Å²) >= 11 is 0. The van der Waals surface area contributed by atoms with Crippen molar-refractivity contribution in [3.05, 3.63) is 96.4 Å². The third kappa shape index (κ3) is 23.3. The van der Waals surface area contributed by atoms with Crippen LogP contribution in [0.5, 0.6) is 0 Å². The first-order valence-electron chi connectivity index (χ1n) is 17.2. The van der Waals surface area contributed by atoms with Crippen LogP contribution < -0.4 is 10.6 Å². The number of amides is 2. The van der Waals surface area contributed by atoms with Crippen molar-refractivity contribution in [1.82, 2.24) is 15.6 Å². The Morgan fingerprint density at radius 2 is 1.44 bits per heavy atom. The predicted octanol–water partition coefficient (Wildman–Crippen LogP) is 6.38. The van der Waals surface area contributed by atoms with Crippen LogP contribution in [0, 0.1) is 6.92 Å². The minimum absolute atomic E-state index is 0.0177. The molecule has 0 spiro atoms. The molecule has 0 saturated carbocycles. The fourth-order valence-electron chi connectivity index (χ4n) is 4.30. The predicted molar refractivity (Wildman–Crippen MR) is 194 cm³/mol. The molecule has 0 fully saturated rings. The van der Waals surface area contributed by atoms with E-state index in [1.165, 1.54) is 0 Å². The van der Waals surface area contributed by atoms with Gasteiger partial charge in [-0.2, -0.15) is 0 Å². The lowest BCUT2D eigenvalue weighted by Crippen LogP contribution is -2.43. The van der Waals surface area contributed by atoms with Crippen LogP contribution in [0.3, 0.4) is 0 Å². The van der Waals surface area contributed by atoms with Crippen molar-refractivity contribution in [2.75, 3.05) is 19.8 Å². The fourth-order valence-corrected chi connectivity index (χ4v) is 4.30. The lowest BCUT2D eigenvalue weighted by Gasteiger charge is -2.20. The van der Waals surface area contributed by atoms with E-state index in [1.54, 1.807) is 18.3 Å². The standard InChI is InChI=1S/C39H57N3O6/c1-3-4-5-6-7-8-9-10-11-12-13-14-15-16-17-18-19-25-37(45)40-29-21-20-24-36(39(47)48-35(31-43)32-44)42-38(46)26-22-23-34-28-27-33(2)41-30-34/h4-5,7-8,10-11,13-14,16-17,22-23,27-28,30,35-36,43-44H,3,6,9,12,15,18-21,24-26,29,31-32H2,1-2H3,(H,40,45)(H,42,46). The first-order valence-corrected chi connectivity index (χ1v) is 17.2. The van der Waals surface area contributed by atoms with Crippen molar-refractivity contribution in [2.24, 2.45) is 0 Å². The molecule has 48 heavy (non-hydrogen) atoms. The molecule has 9 heteroatoms. The lowest BCUT2D eigenvalue weighted by atomic mass is 10.1. The van der Waals surface area contributed by atoms with E-state index in [0.29, 0.717) is 32.2 Å². The zero-order valence-electron chi connectivity index (χ0n) is 28.9. The first kappa shape index (κ1) is 41.9. The number of rotatable bonds is 26. The van der Waals surface area contributed by atoms with Crippen molar-refractivity contribution >= 4 is 23.9 Å². The molecule has 0 radical (unpaired) electrons. The molecule has 2 amide bonds. The highest BCUT2D eigenvalue weighted by Crippen LogP contribution is 2.08. The number of nitrogens with zero attached hydrogens (tertiary/aromatic N) is 1. The largest absolute Gasteiger partial charge is 0.456 e. The van der Waals surface area contributed by atoms with Gasteiger partial charge < -0.3 is 25.6 Å². The molecule has 264 valence electrons. The third-order valence-electron chi connectivity index (χ3n) is 7.03. The van der Waals surface area contributed by atoms with Crippen LogP contribution in [-0.4, -0.2) is 64.9 Å². The Bertz CT molecular complexity index is 1200. The van der Waals surface area contributed by atoms with E-state index in [9.17, 15) is 24.6 Å². The van der Waals surface area contributed by atoms with Crippen LogP contribution in [0.2, 0.25) is 0 Å². The van der Waals surface area contributed by atoms with E-state index in [0.717, 1.165) is 56.2 Å². The normalized spacial score (nSPS) is 12.9. The number of allylic oxidation sites excluding steroid dienone is 10. The molecule has 4 N–H and O–H groups in total. The summed E-state index contributed by atoms with van der Waals surface area (Å²) in [4.78, 5) is 41.6. The first-order chi connectivity index (χ1) is 23.4. The number of aryl methyl sites for hydroxylation is 1. The molecule has 9 nitrogen and oxygen atoms in total. The van der Waals surface area contributed by atoms with Crippen molar-refractivity contribution < 1.29 is 29.3 Å². The van der Waals surface area contributed by atoms with E-state index in [2.05, 4.69) is 83.3 Å². The molecule has 0 saturated heterocycles. The summed E-state index contributed by atoms with van der Waals surface area (Å²) in [6.45, 7) is 3.44. The van der Waals surface area contributed by atoms with Crippen molar-refractivity contribution in [3.8, 4) is 0 Å². The molecule has 1 unspecified atom stereocenters. The number of carbonyl (C=O) groups is 3. The van der Waals surface area contributed by atoms with E-state index in [-0.39, 0.29) is 18.2 Å². The summed E-state index contributed by atoms with van der Waals surface area (Å²) in [5.41, 5.74) is 1.75. The number of aliphatic hydroxyl groups excluding tert-OH is 2. The van der Waals surface area contributed by atoms with Crippen LogP contribution in [0.4, 0.5) is 0 Å². The monoisotopic (exact) mass is 663 g/mol. The summed E-state index contributed by atoms with van der Waals surface area (Å²) in [7, 11) is 0. The van der Waals surface area contributed by atoms with E-state index >= 15 is 0 Å². The summed E-state index contributed by atoms with van der Waals surface area (Å²) in [6, 6.07) is 2.83. The van der Waals surface area contributed by atoms with E-state index < -0.39 is 31.3 Å². The Morgan fingerprint density at radius 1 is 0.812 bits per heavy atom. The highest BCUT2D eigenvalue weighted by molar-refractivity contribution is 5.85. The number of ether oxygens (including phenoxy) is 1. The number of pyridine rings is 1. The smallest absolute Gasteiger partial charge is 0.329 e. The number of carbonyl (C=O) groups excluding carboxylic acids is 3.